The number of nitrogens with zero attached hydrogens (tertiary/aromatic N) is 2. The number of methoxy groups -OCH3 is 1. The lowest BCUT2D eigenvalue weighted by atomic mass is 10.2. The normalized spacial score (nSPS) is 11.2. The molecule has 3 aromatic rings. The molecule has 0 spiro atoms. The molecule has 0 radical (unpaired) electrons. The summed E-state index contributed by atoms with van der Waals surface area (Å²) in [6.07, 6.45) is 0. The first kappa shape index (κ1) is 18.9. The predicted molar refractivity (Wildman–Crippen MR) is 104 cm³/mol. The standard InChI is InChI=1S/C17H14Cl2N2OS.ClH/c1-21-15(12-8-7-11(18)9-13(12)19)10-23-17(21)20-14-5-3-4-6-16(14)22-2;/h3-10H,1-2H3;1H. The fourth-order valence-electron chi connectivity index (χ4n) is 2.24. The molecule has 0 fully saturated rings. The van der Waals surface area contributed by atoms with Gasteiger partial charge in [0.2, 0.25) is 0 Å². The molecule has 126 valence electrons. The third-order valence-electron chi connectivity index (χ3n) is 3.43. The van der Waals surface area contributed by atoms with Crippen LogP contribution in [0, 0.1) is 0 Å². The van der Waals surface area contributed by atoms with Gasteiger partial charge in [-0.15, -0.1) is 23.7 Å². The largest absolute Gasteiger partial charge is 0.494 e. The van der Waals surface area contributed by atoms with Gasteiger partial charge in [0.05, 0.1) is 17.8 Å². The Labute approximate surface area is 160 Å². The van der Waals surface area contributed by atoms with Crippen molar-refractivity contribution >= 4 is 52.6 Å². The van der Waals surface area contributed by atoms with Gasteiger partial charge in [0.25, 0.3) is 0 Å². The van der Waals surface area contributed by atoms with Crippen LogP contribution in [-0.4, -0.2) is 11.7 Å². The fraction of sp³-hybridized carbons (Fsp3) is 0.118. The predicted octanol–water partition coefficient (Wildman–Crippen LogP) is 5.72. The lowest BCUT2D eigenvalue weighted by Gasteiger charge is -2.06. The summed E-state index contributed by atoms with van der Waals surface area (Å²) in [4.78, 5) is 5.55. The zero-order valence-corrected chi connectivity index (χ0v) is 16.1. The van der Waals surface area contributed by atoms with E-state index in [9.17, 15) is 0 Å². The third-order valence-corrected chi connectivity index (χ3v) is 4.90. The summed E-state index contributed by atoms with van der Waals surface area (Å²) in [5.41, 5.74) is 2.71. The number of benzene rings is 2. The average Bonchev–Trinajstić information content (AvgIpc) is 2.89. The molecular weight excluding hydrogens is 387 g/mol. The van der Waals surface area contributed by atoms with E-state index in [4.69, 9.17) is 32.9 Å². The SMILES string of the molecule is COc1ccccc1N=c1scc(-c2ccc(Cl)cc2Cl)n1C.Cl. The van der Waals surface area contributed by atoms with E-state index in [-0.39, 0.29) is 12.4 Å². The first-order chi connectivity index (χ1) is 11.1. The van der Waals surface area contributed by atoms with Gasteiger partial charge in [-0.05, 0) is 30.3 Å². The number of hydrogen-bond acceptors (Lipinski definition) is 3. The van der Waals surface area contributed by atoms with Crippen LogP contribution in [0.4, 0.5) is 5.69 Å². The first-order valence-corrected chi connectivity index (χ1v) is 8.51. The van der Waals surface area contributed by atoms with Crippen molar-refractivity contribution in [3.8, 4) is 17.0 Å². The zero-order valence-electron chi connectivity index (χ0n) is 13.0. The molecule has 24 heavy (non-hydrogen) atoms. The van der Waals surface area contributed by atoms with Gasteiger partial charge in [-0.25, -0.2) is 4.99 Å². The smallest absolute Gasteiger partial charge is 0.190 e. The van der Waals surface area contributed by atoms with Crippen molar-refractivity contribution < 1.29 is 4.74 Å². The minimum atomic E-state index is 0. The summed E-state index contributed by atoms with van der Waals surface area (Å²) < 4.78 is 7.35. The second-order valence-electron chi connectivity index (χ2n) is 4.87. The maximum atomic E-state index is 6.31. The summed E-state index contributed by atoms with van der Waals surface area (Å²) in [5.74, 6) is 0.743. The quantitative estimate of drug-likeness (QED) is 0.551. The van der Waals surface area contributed by atoms with Gasteiger partial charge in [-0.1, -0.05) is 35.3 Å². The van der Waals surface area contributed by atoms with E-state index in [0.29, 0.717) is 10.0 Å². The topological polar surface area (TPSA) is 26.5 Å². The Morgan fingerprint density at radius 2 is 1.88 bits per heavy atom. The molecule has 0 saturated heterocycles. The Bertz CT molecular complexity index is 918. The maximum Gasteiger partial charge on any atom is 0.190 e. The van der Waals surface area contributed by atoms with E-state index in [2.05, 4.69) is 0 Å². The van der Waals surface area contributed by atoms with Crippen molar-refractivity contribution in [3.63, 3.8) is 0 Å². The van der Waals surface area contributed by atoms with Gasteiger partial charge < -0.3 is 9.30 Å². The Morgan fingerprint density at radius 3 is 2.58 bits per heavy atom. The van der Waals surface area contributed by atoms with Gasteiger partial charge in [0, 0.05) is 23.0 Å². The molecule has 0 saturated carbocycles. The van der Waals surface area contributed by atoms with E-state index in [1.807, 2.05) is 53.4 Å². The van der Waals surface area contributed by atoms with Gasteiger partial charge in [-0.2, -0.15) is 0 Å². The zero-order chi connectivity index (χ0) is 16.4. The number of hydrogen-bond donors (Lipinski definition) is 0. The van der Waals surface area contributed by atoms with Crippen LogP contribution < -0.4 is 9.54 Å². The van der Waals surface area contributed by atoms with Crippen molar-refractivity contribution in [2.45, 2.75) is 0 Å². The van der Waals surface area contributed by atoms with E-state index in [1.165, 1.54) is 0 Å². The highest BCUT2D eigenvalue weighted by Gasteiger charge is 2.10. The van der Waals surface area contributed by atoms with Gasteiger partial charge in [0.1, 0.15) is 11.4 Å². The van der Waals surface area contributed by atoms with Crippen LogP contribution in [0.25, 0.3) is 11.3 Å². The second-order valence-corrected chi connectivity index (χ2v) is 6.55. The molecule has 0 unspecified atom stereocenters. The fourth-order valence-corrected chi connectivity index (χ4v) is 3.65. The monoisotopic (exact) mass is 400 g/mol. The number of thiazole rings is 1. The van der Waals surface area contributed by atoms with Crippen LogP contribution in [0.3, 0.4) is 0 Å². The van der Waals surface area contributed by atoms with Crippen LogP contribution in [0.1, 0.15) is 0 Å². The van der Waals surface area contributed by atoms with E-state index in [0.717, 1.165) is 27.5 Å². The van der Waals surface area contributed by atoms with E-state index < -0.39 is 0 Å². The highest BCUT2D eigenvalue weighted by Crippen LogP contribution is 2.31. The van der Waals surface area contributed by atoms with E-state index >= 15 is 0 Å². The molecule has 2 aromatic carbocycles. The Morgan fingerprint density at radius 1 is 1.12 bits per heavy atom. The first-order valence-electron chi connectivity index (χ1n) is 6.88. The number of para-hydroxylation sites is 2. The van der Waals surface area contributed by atoms with Crippen molar-refractivity contribution in [1.29, 1.82) is 0 Å². The number of ether oxygens (including phenoxy) is 1. The summed E-state index contributed by atoms with van der Waals surface area (Å²) in [6.45, 7) is 0. The van der Waals surface area contributed by atoms with Gasteiger partial charge in [0.15, 0.2) is 4.80 Å². The third kappa shape index (κ3) is 3.78. The van der Waals surface area contributed by atoms with Crippen molar-refractivity contribution in [2.24, 2.45) is 12.0 Å². The molecule has 1 heterocycles. The van der Waals surface area contributed by atoms with Gasteiger partial charge in [-0.3, -0.25) is 0 Å². The molecule has 0 atom stereocenters. The maximum absolute atomic E-state index is 6.31. The number of aromatic nitrogens is 1. The molecule has 0 aliphatic heterocycles. The lowest BCUT2D eigenvalue weighted by Crippen LogP contribution is -2.11. The minimum absolute atomic E-state index is 0. The molecule has 1 aromatic heterocycles. The minimum Gasteiger partial charge on any atom is -0.494 e. The lowest BCUT2D eigenvalue weighted by molar-refractivity contribution is 0.416. The molecular formula is C17H15Cl3N2OS. The molecule has 0 aliphatic carbocycles. The van der Waals surface area contributed by atoms with Crippen molar-refractivity contribution in [2.75, 3.05) is 7.11 Å². The van der Waals surface area contributed by atoms with Crippen LogP contribution in [0.15, 0.2) is 52.8 Å². The molecule has 0 aliphatic rings. The number of rotatable bonds is 3. The molecule has 0 N–H and O–H groups in total. The Hall–Kier alpha value is -1.46. The Balaban J connectivity index is 0.00000208. The van der Waals surface area contributed by atoms with Crippen LogP contribution >= 0.6 is 46.9 Å². The van der Waals surface area contributed by atoms with Crippen molar-refractivity contribution in [1.82, 2.24) is 4.57 Å². The summed E-state index contributed by atoms with van der Waals surface area (Å²) in [6, 6.07) is 13.2. The van der Waals surface area contributed by atoms with Crippen molar-refractivity contribution in [3.05, 3.63) is 62.7 Å². The highest BCUT2D eigenvalue weighted by atomic mass is 35.5. The van der Waals surface area contributed by atoms with Crippen LogP contribution in [0.5, 0.6) is 5.75 Å². The number of halogens is 3. The molecule has 0 bridgehead atoms. The van der Waals surface area contributed by atoms with Crippen LogP contribution in [0.2, 0.25) is 10.0 Å². The molecule has 3 nitrogen and oxygen atoms in total. The van der Waals surface area contributed by atoms with E-state index in [1.54, 1.807) is 24.5 Å². The molecule has 7 heteroatoms. The van der Waals surface area contributed by atoms with Gasteiger partial charge >= 0.3 is 0 Å². The molecule has 3 rings (SSSR count). The van der Waals surface area contributed by atoms with Crippen LogP contribution in [-0.2, 0) is 7.05 Å². The Kier molecular flexibility index (Phi) is 6.35. The summed E-state index contributed by atoms with van der Waals surface area (Å²) in [7, 11) is 3.60. The summed E-state index contributed by atoms with van der Waals surface area (Å²) >= 11 is 13.8. The second kappa shape index (κ2) is 8.08. The molecule has 0 amide bonds. The average molecular weight is 402 g/mol. The summed E-state index contributed by atoms with van der Waals surface area (Å²) in [5, 5.41) is 3.27. The highest BCUT2D eigenvalue weighted by molar-refractivity contribution is 7.07.